The maximum atomic E-state index is 12.1. The van der Waals surface area contributed by atoms with Crippen LogP contribution in [0.15, 0.2) is 30.3 Å². The van der Waals surface area contributed by atoms with Crippen molar-refractivity contribution in [2.45, 2.75) is 32.9 Å². The third kappa shape index (κ3) is 7.02. The molecule has 3 N–H and O–H groups in total. The number of aliphatic carboxylic acids is 1. The van der Waals surface area contributed by atoms with Crippen LogP contribution in [0.1, 0.15) is 25.8 Å². The molecule has 5 heteroatoms. The number of hydrogen-bond donors (Lipinski definition) is 2. The zero-order valence-electron chi connectivity index (χ0n) is 12.7. The fourth-order valence-electron chi connectivity index (χ4n) is 2.18. The van der Waals surface area contributed by atoms with Gasteiger partial charge < -0.3 is 10.8 Å². The van der Waals surface area contributed by atoms with Crippen LogP contribution in [0.3, 0.4) is 0 Å². The molecule has 0 bridgehead atoms. The number of nitrogens with zero attached hydrogens (tertiary/aromatic N) is 1. The Balaban J connectivity index is 2.65. The minimum Gasteiger partial charge on any atom is -0.480 e. The second kappa shape index (κ2) is 8.54. The Morgan fingerprint density at radius 1 is 1.19 bits per heavy atom. The third-order valence-corrected chi connectivity index (χ3v) is 3.13. The van der Waals surface area contributed by atoms with E-state index in [1.807, 2.05) is 44.2 Å². The molecule has 116 valence electrons. The lowest BCUT2D eigenvalue weighted by Gasteiger charge is -2.22. The summed E-state index contributed by atoms with van der Waals surface area (Å²) in [4.78, 5) is 24.7. The van der Waals surface area contributed by atoms with Gasteiger partial charge in [-0.15, -0.1) is 0 Å². The van der Waals surface area contributed by atoms with Crippen molar-refractivity contribution in [1.82, 2.24) is 4.90 Å². The third-order valence-electron chi connectivity index (χ3n) is 3.13. The molecule has 0 unspecified atom stereocenters. The van der Waals surface area contributed by atoms with Crippen LogP contribution < -0.4 is 5.73 Å². The number of Topliss-reactive ketones (excluding diaryl/α,β-unsaturated/α-hetero) is 1. The Labute approximate surface area is 125 Å². The molecule has 0 aliphatic carbocycles. The molecule has 0 fully saturated rings. The van der Waals surface area contributed by atoms with Crippen molar-refractivity contribution in [2.24, 2.45) is 11.7 Å². The quantitative estimate of drug-likeness (QED) is 0.721. The van der Waals surface area contributed by atoms with Gasteiger partial charge in [0.1, 0.15) is 0 Å². The summed E-state index contributed by atoms with van der Waals surface area (Å²) in [6.45, 7) is 4.33. The first-order chi connectivity index (χ1) is 9.88. The number of benzene rings is 1. The molecule has 0 saturated carbocycles. The average Bonchev–Trinajstić information content (AvgIpc) is 2.38. The molecule has 0 heterocycles. The normalized spacial score (nSPS) is 12.6. The predicted octanol–water partition coefficient (Wildman–Crippen LogP) is 1.52. The molecule has 0 aliphatic heterocycles. The summed E-state index contributed by atoms with van der Waals surface area (Å²) < 4.78 is 0. The van der Waals surface area contributed by atoms with Crippen LogP contribution in [0.2, 0.25) is 0 Å². The molecule has 0 amide bonds. The summed E-state index contributed by atoms with van der Waals surface area (Å²) >= 11 is 0. The maximum Gasteiger partial charge on any atom is 0.317 e. The van der Waals surface area contributed by atoms with E-state index in [1.165, 1.54) is 0 Å². The van der Waals surface area contributed by atoms with Crippen molar-refractivity contribution in [3.63, 3.8) is 0 Å². The first-order valence-corrected chi connectivity index (χ1v) is 7.15. The number of carbonyl (C=O) groups excluding carboxylic acids is 1. The van der Waals surface area contributed by atoms with Gasteiger partial charge in [0.25, 0.3) is 0 Å². The molecule has 1 rings (SSSR count). The summed E-state index contributed by atoms with van der Waals surface area (Å²) in [6, 6.07) is 8.97. The Kier molecular flexibility index (Phi) is 7.05. The minimum absolute atomic E-state index is 0.0646. The van der Waals surface area contributed by atoms with Crippen LogP contribution in [0, 0.1) is 5.92 Å². The van der Waals surface area contributed by atoms with Gasteiger partial charge in [-0.25, -0.2) is 0 Å². The molecule has 0 spiro atoms. The SMILES string of the molecule is CC(C)C[C@@H](N)C(=O)CN(CC(=O)O)Cc1ccccc1. The monoisotopic (exact) mass is 292 g/mol. The molecule has 1 atom stereocenters. The number of carboxylic acids is 1. The summed E-state index contributed by atoms with van der Waals surface area (Å²) in [5.41, 5.74) is 6.84. The van der Waals surface area contributed by atoms with Crippen LogP contribution in [0.5, 0.6) is 0 Å². The van der Waals surface area contributed by atoms with E-state index in [1.54, 1.807) is 4.90 Å². The van der Waals surface area contributed by atoms with E-state index in [9.17, 15) is 9.59 Å². The fourth-order valence-corrected chi connectivity index (χ4v) is 2.18. The van der Waals surface area contributed by atoms with E-state index in [-0.39, 0.29) is 18.9 Å². The number of nitrogens with two attached hydrogens (primary N) is 1. The molecule has 5 nitrogen and oxygen atoms in total. The van der Waals surface area contributed by atoms with E-state index >= 15 is 0 Å². The van der Waals surface area contributed by atoms with Gasteiger partial charge >= 0.3 is 5.97 Å². The van der Waals surface area contributed by atoms with Gasteiger partial charge in [-0.2, -0.15) is 0 Å². The highest BCUT2D eigenvalue weighted by Gasteiger charge is 2.20. The topological polar surface area (TPSA) is 83.6 Å². The Morgan fingerprint density at radius 2 is 1.81 bits per heavy atom. The molecule has 0 saturated heterocycles. The second-order valence-corrected chi connectivity index (χ2v) is 5.73. The number of rotatable bonds is 9. The minimum atomic E-state index is -0.948. The molecule has 0 radical (unpaired) electrons. The van der Waals surface area contributed by atoms with Gasteiger partial charge in [-0.1, -0.05) is 44.2 Å². The van der Waals surface area contributed by atoms with Crippen molar-refractivity contribution < 1.29 is 14.7 Å². The first-order valence-electron chi connectivity index (χ1n) is 7.15. The van der Waals surface area contributed by atoms with E-state index < -0.39 is 12.0 Å². The summed E-state index contributed by atoms with van der Waals surface area (Å²) in [7, 11) is 0. The number of hydrogen-bond acceptors (Lipinski definition) is 4. The second-order valence-electron chi connectivity index (χ2n) is 5.73. The summed E-state index contributed by atoms with van der Waals surface area (Å²) in [5.74, 6) is -0.719. The average molecular weight is 292 g/mol. The number of ketones is 1. The first kappa shape index (κ1) is 17.3. The lowest BCUT2D eigenvalue weighted by atomic mass is 10.0. The molecular weight excluding hydrogens is 268 g/mol. The standard InChI is InChI=1S/C16H24N2O3/c1-12(2)8-14(17)15(19)10-18(11-16(20)21)9-13-6-4-3-5-7-13/h3-7,12,14H,8-11,17H2,1-2H3,(H,20,21)/t14-/m1/s1. The lowest BCUT2D eigenvalue weighted by molar-refractivity contribution is -0.138. The lowest BCUT2D eigenvalue weighted by Crippen LogP contribution is -2.42. The van der Waals surface area contributed by atoms with Crippen molar-refractivity contribution >= 4 is 11.8 Å². The zero-order valence-corrected chi connectivity index (χ0v) is 12.7. The predicted molar refractivity (Wildman–Crippen MR) is 81.8 cm³/mol. The van der Waals surface area contributed by atoms with E-state index in [0.29, 0.717) is 18.9 Å². The molecule has 1 aromatic carbocycles. The highest BCUT2D eigenvalue weighted by Crippen LogP contribution is 2.07. The van der Waals surface area contributed by atoms with Crippen LogP contribution in [0.25, 0.3) is 0 Å². The Morgan fingerprint density at radius 3 is 2.33 bits per heavy atom. The van der Waals surface area contributed by atoms with E-state index in [2.05, 4.69) is 0 Å². The highest BCUT2D eigenvalue weighted by atomic mass is 16.4. The molecule has 1 aromatic rings. The van der Waals surface area contributed by atoms with E-state index in [4.69, 9.17) is 10.8 Å². The van der Waals surface area contributed by atoms with Crippen LogP contribution in [-0.2, 0) is 16.1 Å². The smallest absolute Gasteiger partial charge is 0.317 e. The van der Waals surface area contributed by atoms with Gasteiger partial charge in [-0.3, -0.25) is 14.5 Å². The van der Waals surface area contributed by atoms with Crippen molar-refractivity contribution in [1.29, 1.82) is 0 Å². The molecular formula is C16H24N2O3. The van der Waals surface area contributed by atoms with Crippen LogP contribution in [-0.4, -0.2) is 40.9 Å². The van der Waals surface area contributed by atoms with Gasteiger partial charge in [0, 0.05) is 6.54 Å². The van der Waals surface area contributed by atoms with Crippen LogP contribution in [0.4, 0.5) is 0 Å². The molecule has 21 heavy (non-hydrogen) atoms. The van der Waals surface area contributed by atoms with Gasteiger partial charge in [0.15, 0.2) is 5.78 Å². The molecule has 0 aromatic heterocycles. The largest absolute Gasteiger partial charge is 0.480 e. The maximum absolute atomic E-state index is 12.1. The number of carbonyl (C=O) groups is 2. The Bertz CT molecular complexity index is 460. The number of carboxylic acid groups (broad SMARTS) is 1. The highest BCUT2D eigenvalue weighted by molar-refractivity contribution is 5.86. The van der Waals surface area contributed by atoms with Crippen molar-refractivity contribution in [3.8, 4) is 0 Å². The van der Waals surface area contributed by atoms with E-state index in [0.717, 1.165) is 5.56 Å². The fraction of sp³-hybridized carbons (Fsp3) is 0.500. The summed E-state index contributed by atoms with van der Waals surface area (Å²) in [6.07, 6.45) is 0.616. The van der Waals surface area contributed by atoms with Gasteiger partial charge in [-0.05, 0) is 17.9 Å². The van der Waals surface area contributed by atoms with Crippen molar-refractivity contribution in [2.75, 3.05) is 13.1 Å². The Hall–Kier alpha value is -1.72. The van der Waals surface area contributed by atoms with Gasteiger partial charge in [0.2, 0.25) is 0 Å². The van der Waals surface area contributed by atoms with Crippen molar-refractivity contribution in [3.05, 3.63) is 35.9 Å². The molecule has 0 aliphatic rings. The van der Waals surface area contributed by atoms with Gasteiger partial charge in [0.05, 0.1) is 19.1 Å². The summed E-state index contributed by atoms with van der Waals surface area (Å²) in [5, 5.41) is 8.97. The van der Waals surface area contributed by atoms with Crippen LogP contribution >= 0.6 is 0 Å². The zero-order chi connectivity index (χ0) is 15.8.